The van der Waals surface area contributed by atoms with Gasteiger partial charge in [-0.05, 0) is 42.5 Å². The summed E-state index contributed by atoms with van der Waals surface area (Å²) in [4.78, 5) is 22.2. The first kappa shape index (κ1) is 14.8. The highest BCUT2D eigenvalue weighted by molar-refractivity contribution is 5.83. The van der Waals surface area contributed by atoms with E-state index in [1.807, 2.05) is 41.0 Å². The Balaban J connectivity index is 1.62. The molecule has 3 aromatic rings. The van der Waals surface area contributed by atoms with Crippen LogP contribution in [0.5, 0.6) is 0 Å². The molecule has 4 heterocycles. The predicted octanol–water partition coefficient (Wildman–Crippen LogP) is 2.81. The Kier molecular flexibility index (Phi) is 3.25. The fourth-order valence-electron chi connectivity index (χ4n) is 4.12. The third kappa shape index (κ3) is 2.38. The zero-order valence-electron chi connectivity index (χ0n) is 13.9. The molecule has 0 radical (unpaired) electrons. The summed E-state index contributed by atoms with van der Waals surface area (Å²) in [5, 5.41) is 0.688. The van der Waals surface area contributed by atoms with Crippen molar-refractivity contribution in [1.82, 2.24) is 14.5 Å². The van der Waals surface area contributed by atoms with Crippen LogP contribution in [-0.2, 0) is 17.7 Å². The van der Waals surface area contributed by atoms with E-state index >= 15 is 0 Å². The lowest BCUT2D eigenvalue weighted by Gasteiger charge is -2.31. The lowest BCUT2D eigenvalue weighted by Crippen LogP contribution is -2.32. The molecule has 1 fully saturated rings. The normalized spacial score (nSPS) is 18.6. The van der Waals surface area contributed by atoms with Crippen LogP contribution in [0.15, 0.2) is 47.4 Å². The van der Waals surface area contributed by atoms with E-state index in [0.717, 1.165) is 61.6 Å². The number of rotatable bonds is 1. The standard InChI is InChI=1S/C20H19N3O2/c24-19-15-5-4-14(16-3-1-2-8-21-16)11-17(15)22-18-12-20(13-23(18)19)6-9-25-10-7-20/h1-5,8,11H,6-7,9-10,12-13H2. The van der Waals surface area contributed by atoms with Crippen LogP contribution in [0.4, 0.5) is 0 Å². The number of fused-ring (bicyclic) bond motifs is 2. The summed E-state index contributed by atoms with van der Waals surface area (Å²) >= 11 is 0. The van der Waals surface area contributed by atoms with E-state index in [9.17, 15) is 4.79 Å². The first-order valence-corrected chi connectivity index (χ1v) is 8.77. The van der Waals surface area contributed by atoms with Gasteiger partial charge >= 0.3 is 0 Å². The van der Waals surface area contributed by atoms with Crippen molar-refractivity contribution in [2.24, 2.45) is 5.41 Å². The van der Waals surface area contributed by atoms with Crippen molar-refractivity contribution < 1.29 is 4.74 Å². The first-order valence-electron chi connectivity index (χ1n) is 8.77. The molecule has 1 saturated heterocycles. The molecular formula is C20H19N3O2. The van der Waals surface area contributed by atoms with Crippen LogP contribution < -0.4 is 5.56 Å². The van der Waals surface area contributed by atoms with Crippen molar-refractivity contribution in [3.63, 3.8) is 0 Å². The number of ether oxygens (including phenoxy) is 1. The fourth-order valence-corrected chi connectivity index (χ4v) is 4.12. The third-order valence-electron chi connectivity index (χ3n) is 5.58. The summed E-state index contributed by atoms with van der Waals surface area (Å²) in [6, 6.07) is 11.7. The van der Waals surface area contributed by atoms with Crippen LogP contribution >= 0.6 is 0 Å². The third-order valence-corrected chi connectivity index (χ3v) is 5.58. The van der Waals surface area contributed by atoms with Gasteiger partial charge in [0.25, 0.3) is 5.56 Å². The van der Waals surface area contributed by atoms with Crippen molar-refractivity contribution in [2.75, 3.05) is 13.2 Å². The minimum absolute atomic E-state index is 0.0796. The van der Waals surface area contributed by atoms with E-state index in [-0.39, 0.29) is 11.0 Å². The van der Waals surface area contributed by atoms with Gasteiger partial charge in [0.05, 0.1) is 16.6 Å². The molecular weight excluding hydrogens is 314 g/mol. The molecule has 126 valence electrons. The minimum Gasteiger partial charge on any atom is -0.381 e. The Bertz CT molecular complexity index is 1000. The van der Waals surface area contributed by atoms with E-state index in [2.05, 4.69) is 4.98 Å². The highest BCUT2D eigenvalue weighted by Crippen LogP contribution is 2.40. The molecule has 5 rings (SSSR count). The number of hydrogen-bond acceptors (Lipinski definition) is 4. The molecule has 25 heavy (non-hydrogen) atoms. The number of aromatic nitrogens is 3. The Morgan fingerprint density at radius 2 is 2.00 bits per heavy atom. The van der Waals surface area contributed by atoms with E-state index in [0.29, 0.717) is 5.39 Å². The van der Waals surface area contributed by atoms with Crippen molar-refractivity contribution in [3.05, 3.63) is 58.8 Å². The zero-order valence-corrected chi connectivity index (χ0v) is 13.9. The van der Waals surface area contributed by atoms with Crippen LogP contribution in [0.1, 0.15) is 18.7 Å². The van der Waals surface area contributed by atoms with E-state index in [1.54, 1.807) is 6.20 Å². The largest absolute Gasteiger partial charge is 0.381 e. The lowest BCUT2D eigenvalue weighted by atomic mass is 9.79. The SMILES string of the molecule is O=c1c2ccc(-c3ccccn3)cc2nc2n1CC1(CCOCC1)C2. The number of benzene rings is 1. The molecule has 0 unspecified atom stereocenters. The van der Waals surface area contributed by atoms with E-state index in [4.69, 9.17) is 9.72 Å². The average molecular weight is 333 g/mol. The number of pyridine rings is 1. The highest BCUT2D eigenvalue weighted by atomic mass is 16.5. The fraction of sp³-hybridized carbons (Fsp3) is 0.350. The van der Waals surface area contributed by atoms with Gasteiger partial charge in [-0.1, -0.05) is 12.1 Å². The van der Waals surface area contributed by atoms with Gasteiger partial charge < -0.3 is 4.74 Å². The van der Waals surface area contributed by atoms with Crippen LogP contribution in [0.25, 0.3) is 22.2 Å². The van der Waals surface area contributed by atoms with E-state index in [1.165, 1.54) is 0 Å². The Hall–Kier alpha value is -2.53. The molecule has 2 aromatic heterocycles. The summed E-state index contributed by atoms with van der Waals surface area (Å²) in [7, 11) is 0. The van der Waals surface area contributed by atoms with Gasteiger partial charge in [-0.15, -0.1) is 0 Å². The zero-order chi connectivity index (χ0) is 16.9. The Morgan fingerprint density at radius 3 is 2.80 bits per heavy atom. The van der Waals surface area contributed by atoms with Gasteiger partial charge in [-0.25, -0.2) is 4.98 Å². The molecule has 0 aliphatic carbocycles. The molecule has 1 spiro atoms. The second-order valence-corrected chi connectivity index (χ2v) is 7.16. The molecule has 0 amide bonds. The summed E-state index contributed by atoms with van der Waals surface area (Å²) < 4.78 is 7.40. The molecule has 1 aromatic carbocycles. The summed E-state index contributed by atoms with van der Waals surface area (Å²) in [6.45, 7) is 2.34. The lowest BCUT2D eigenvalue weighted by molar-refractivity contribution is 0.0150. The van der Waals surface area contributed by atoms with Gasteiger partial charge in [0.1, 0.15) is 5.82 Å². The van der Waals surface area contributed by atoms with Crippen LogP contribution in [0.3, 0.4) is 0 Å². The van der Waals surface area contributed by atoms with Gasteiger partial charge in [-0.2, -0.15) is 0 Å². The van der Waals surface area contributed by atoms with Gasteiger partial charge in [0.2, 0.25) is 0 Å². The quantitative estimate of drug-likeness (QED) is 0.687. The molecule has 0 atom stereocenters. The average Bonchev–Trinajstić information content (AvgIpc) is 3.00. The topological polar surface area (TPSA) is 57.0 Å². The minimum atomic E-state index is 0.0796. The monoisotopic (exact) mass is 333 g/mol. The van der Waals surface area contributed by atoms with Crippen molar-refractivity contribution in [1.29, 1.82) is 0 Å². The van der Waals surface area contributed by atoms with Crippen LogP contribution in [0, 0.1) is 5.41 Å². The maximum absolute atomic E-state index is 13.0. The molecule has 5 nitrogen and oxygen atoms in total. The summed E-state index contributed by atoms with van der Waals surface area (Å²) in [6.07, 6.45) is 4.66. The molecule has 2 aliphatic rings. The van der Waals surface area contributed by atoms with Crippen LogP contribution in [-0.4, -0.2) is 27.7 Å². The molecule has 0 bridgehead atoms. The molecule has 0 N–H and O–H groups in total. The maximum atomic E-state index is 13.0. The van der Waals surface area contributed by atoms with E-state index < -0.39 is 0 Å². The summed E-state index contributed by atoms with van der Waals surface area (Å²) in [5.74, 6) is 0.914. The van der Waals surface area contributed by atoms with Crippen molar-refractivity contribution >= 4 is 10.9 Å². The van der Waals surface area contributed by atoms with Gasteiger partial charge in [-0.3, -0.25) is 14.3 Å². The molecule has 5 heteroatoms. The highest BCUT2D eigenvalue weighted by Gasteiger charge is 2.40. The smallest absolute Gasteiger partial charge is 0.261 e. The summed E-state index contributed by atoms with van der Waals surface area (Å²) in [5.41, 5.74) is 2.88. The van der Waals surface area contributed by atoms with Gasteiger partial charge in [0, 0.05) is 37.9 Å². The number of hydrogen-bond donors (Lipinski definition) is 0. The molecule has 0 saturated carbocycles. The molecule has 2 aliphatic heterocycles. The second kappa shape index (κ2) is 5.49. The van der Waals surface area contributed by atoms with Crippen LogP contribution in [0.2, 0.25) is 0 Å². The first-order chi connectivity index (χ1) is 12.2. The second-order valence-electron chi connectivity index (χ2n) is 7.16. The van der Waals surface area contributed by atoms with Crippen molar-refractivity contribution in [3.8, 4) is 11.3 Å². The Morgan fingerprint density at radius 1 is 1.12 bits per heavy atom. The Labute approximate surface area is 145 Å². The maximum Gasteiger partial charge on any atom is 0.261 e. The van der Waals surface area contributed by atoms with Crippen molar-refractivity contribution in [2.45, 2.75) is 25.8 Å². The van der Waals surface area contributed by atoms with Gasteiger partial charge in [0.15, 0.2) is 0 Å². The predicted molar refractivity (Wildman–Crippen MR) is 95.4 cm³/mol. The number of nitrogens with zero attached hydrogens (tertiary/aromatic N) is 3.